The molecule has 1 aromatic carbocycles. The summed E-state index contributed by atoms with van der Waals surface area (Å²) in [5.74, 6) is -1.56. The lowest BCUT2D eigenvalue weighted by molar-refractivity contribution is 0.0687. The highest BCUT2D eigenvalue weighted by Crippen LogP contribution is 2.24. The number of rotatable bonds is 2. The van der Waals surface area contributed by atoms with Crippen molar-refractivity contribution in [3.63, 3.8) is 0 Å². The molecule has 0 saturated carbocycles. The minimum absolute atomic E-state index is 0.325. The fourth-order valence-electron chi connectivity index (χ4n) is 1.41. The van der Waals surface area contributed by atoms with Gasteiger partial charge in [0.25, 0.3) is 0 Å². The third-order valence-corrected chi connectivity index (χ3v) is 2.18. The molecule has 0 fully saturated rings. The van der Waals surface area contributed by atoms with Gasteiger partial charge in [0.15, 0.2) is 5.69 Å². The van der Waals surface area contributed by atoms with Gasteiger partial charge >= 0.3 is 5.97 Å². The molecule has 0 aliphatic carbocycles. The molecule has 0 aliphatic heterocycles. The number of aromatic hydroxyl groups is 1. The van der Waals surface area contributed by atoms with Gasteiger partial charge in [-0.1, -0.05) is 30.3 Å². The summed E-state index contributed by atoms with van der Waals surface area (Å²) in [6.07, 6.45) is 1.43. The number of aromatic nitrogens is 1. The van der Waals surface area contributed by atoms with Crippen LogP contribution in [0.15, 0.2) is 42.6 Å². The van der Waals surface area contributed by atoms with E-state index in [1.807, 2.05) is 30.3 Å². The maximum absolute atomic E-state index is 10.6. The molecule has 1 aromatic heterocycles. The summed E-state index contributed by atoms with van der Waals surface area (Å²) in [5, 5.41) is 18.2. The first-order chi connectivity index (χ1) is 7.68. The summed E-state index contributed by atoms with van der Waals surface area (Å²) >= 11 is 0. The fourth-order valence-corrected chi connectivity index (χ4v) is 1.41. The number of pyridine rings is 1. The summed E-state index contributed by atoms with van der Waals surface area (Å²) in [6.45, 7) is 0. The summed E-state index contributed by atoms with van der Waals surface area (Å²) in [7, 11) is 0. The van der Waals surface area contributed by atoms with E-state index < -0.39 is 5.97 Å². The fraction of sp³-hybridized carbons (Fsp3) is 0. The Hall–Kier alpha value is -2.36. The van der Waals surface area contributed by atoms with Crippen molar-refractivity contribution in [2.75, 3.05) is 0 Å². The second kappa shape index (κ2) is 4.02. The second-order valence-electron chi connectivity index (χ2n) is 3.26. The van der Waals surface area contributed by atoms with Crippen LogP contribution in [0.1, 0.15) is 10.5 Å². The first-order valence-corrected chi connectivity index (χ1v) is 4.66. The minimum atomic E-state index is -1.24. The Bertz CT molecular complexity index is 523. The van der Waals surface area contributed by atoms with Gasteiger partial charge in [0.05, 0.1) is 0 Å². The van der Waals surface area contributed by atoms with Gasteiger partial charge in [0.2, 0.25) is 0 Å². The lowest BCUT2D eigenvalue weighted by Gasteiger charge is -2.03. The predicted molar refractivity (Wildman–Crippen MR) is 58.3 cm³/mol. The molecule has 0 atom stereocenters. The predicted octanol–water partition coefficient (Wildman–Crippen LogP) is 2.15. The van der Waals surface area contributed by atoms with E-state index in [1.165, 1.54) is 12.3 Å². The van der Waals surface area contributed by atoms with Crippen molar-refractivity contribution in [2.24, 2.45) is 0 Å². The molecule has 2 aromatic rings. The standard InChI is InChI=1S/C12H9NO3/c14-10-6-9(7-13-11(10)12(15)16)8-4-2-1-3-5-8/h1-7,14H,(H,15,16). The van der Waals surface area contributed by atoms with E-state index in [-0.39, 0.29) is 11.4 Å². The molecule has 0 unspecified atom stereocenters. The number of carboxylic acid groups (broad SMARTS) is 1. The molecule has 0 radical (unpaired) electrons. The van der Waals surface area contributed by atoms with Crippen LogP contribution < -0.4 is 0 Å². The van der Waals surface area contributed by atoms with E-state index in [4.69, 9.17) is 5.11 Å². The normalized spacial score (nSPS) is 10.0. The van der Waals surface area contributed by atoms with Gasteiger partial charge in [-0.25, -0.2) is 9.78 Å². The van der Waals surface area contributed by atoms with Gasteiger partial charge in [0, 0.05) is 11.8 Å². The van der Waals surface area contributed by atoms with Gasteiger partial charge < -0.3 is 10.2 Å². The molecule has 2 N–H and O–H groups in total. The van der Waals surface area contributed by atoms with Crippen LogP contribution in [-0.2, 0) is 0 Å². The van der Waals surface area contributed by atoms with Gasteiger partial charge in [-0.2, -0.15) is 0 Å². The number of aromatic carboxylic acids is 1. The van der Waals surface area contributed by atoms with Crippen molar-refractivity contribution in [2.45, 2.75) is 0 Å². The Morgan fingerprint density at radius 3 is 2.38 bits per heavy atom. The van der Waals surface area contributed by atoms with Crippen molar-refractivity contribution < 1.29 is 15.0 Å². The van der Waals surface area contributed by atoms with E-state index in [0.717, 1.165) is 5.56 Å². The second-order valence-corrected chi connectivity index (χ2v) is 3.26. The lowest BCUT2D eigenvalue weighted by Crippen LogP contribution is -2.00. The van der Waals surface area contributed by atoms with Crippen LogP contribution >= 0.6 is 0 Å². The highest BCUT2D eigenvalue weighted by Gasteiger charge is 2.11. The van der Waals surface area contributed by atoms with Crippen LogP contribution in [0.25, 0.3) is 11.1 Å². The Kier molecular flexibility index (Phi) is 2.55. The molecule has 0 bridgehead atoms. The third kappa shape index (κ3) is 1.86. The van der Waals surface area contributed by atoms with Crippen molar-refractivity contribution in [3.05, 3.63) is 48.3 Å². The highest BCUT2D eigenvalue weighted by atomic mass is 16.4. The molecular weight excluding hydrogens is 206 g/mol. The summed E-state index contributed by atoms with van der Waals surface area (Å²) < 4.78 is 0. The molecule has 4 heteroatoms. The van der Waals surface area contributed by atoms with Crippen LogP contribution in [0.2, 0.25) is 0 Å². The van der Waals surface area contributed by atoms with Crippen molar-refractivity contribution in [1.29, 1.82) is 0 Å². The van der Waals surface area contributed by atoms with Gasteiger partial charge in [-0.3, -0.25) is 0 Å². The Labute approximate surface area is 91.8 Å². The van der Waals surface area contributed by atoms with E-state index >= 15 is 0 Å². The summed E-state index contributed by atoms with van der Waals surface area (Å²) in [4.78, 5) is 14.4. The highest BCUT2D eigenvalue weighted by molar-refractivity contribution is 5.89. The first-order valence-electron chi connectivity index (χ1n) is 4.66. The van der Waals surface area contributed by atoms with Gasteiger partial charge in [-0.05, 0) is 11.6 Å². The van der Waals surface area contributed by atoms with Crippen molar-refractivity contribution in [3.8, 4) is 16.9 Å². The van der Waals surface area contributed by atoms with Gasteiger partial charge in [0.1, 0.15) is 5.75 Å². The molecule has 0 amide bonds. The average Bonchev–Trinajstić information content (AvgIpc) is 2.29. The van der Waals surface area contributed by atoms with Crippen LogP contribution in [0, 0.1) is 0 Å². The molecular formula is C12H9NO3. The SMILES string of the molecule is O=C(O)c1ncc(-c2ccccc2)cc1O. The zero-order chi connectivity index (χ0) is 11.5. The van der Waals surface area contributed by atoms with E-state index in [1.54, 1.807) is 0 Å². The van der Waals surface area contributed by atoms with Gasteiger partial charge in [-0.15, -0.1) is 0 Å². The summed E-state index contributed by atoms with van der Waals surface area (Å²) in [6, 6.07) is 10.7. The smallest absolute Gasteiger partial charge is 0.358 e. The van der Waals surface area contributed by atoms with Crippen molar-refractivity contribution in [1.82, 2.24) is 4.98 Å². The molecule has 16 heavy (non-hydrogen) atoms. The van der Waals surface area contributed by atoms with Crippen LogP contribution in [0.3, 0.4) is 0 Å². The molecule has 0 spiro atoms. The minimum Gasteiger partial charge on any atom is -0.505 e. The lowest BCUT2D eigenvalue weighted by atomic mass is 10.1. The number of benzene rings is 1. The van der Waals surface area contributed by atoms with Crippen LogP contribution in [-0.4, -0.2) is 21.2 Å². The third-order valence-electron chi connectivity index (χ3n) is 2.18. The number of hydrogen-bond donors (Lipinski definition) is 2. The van der Waals surface area contributed by atoms with E-state index in [9.17, 15) is 9.90 Å². The van der Waals surface area contributed by atoms with E-state index in [0.29, 0.717) is 5.56 Å². The molecule has 4 nitrogen and oxygen atoms in total. The largest absolute Gasteiger partial charge is 0.505 e. The topological polar surface area (TPSA) is 70.4 Å². The molecule has 0 aliphatic rings. The Morgan fingerprint density at radius 1 is 1.12 bits per heavy atom. The van der Waals surface area contributed by atoms with Crippen molar-refractivity contribution >= 4 is 5.97 Å². The Morgan fingerprint density at radius 2 is 1.81 bits per heavy atom. The molecule has 80 valence electrons. The number of carboxylic acids is 1. The molecule has 1 heterocycles. The zero-order valence-corrected chi connectivity index (χ0v) is 8.29. The number of hydrogen-bond acceptors (Lipinski definition) is 3. The maximum atomic E-state index is 10.6. The first kappa shape index (κ1) is 10.2. The number of carbonyl (C=O) groups is 1. The quantitative estimate of drug-likeness (QED) is 0.805. The molecule has 0 saturated heterocycles. The number of nitrogens with zero attached hydrogens (tertiary/aromatic N) is 1. The molecule has 2 rings (SSSR count). The van der Waals surface area contributed by atoms with E-state index in [2.05, 4.69) is 4.98 Å². The van der Waals surface area contributed by atoms with Crippen LogP contribution in [0.4, 0.5) is 0 Å². The monoisotopic (exact) mass is 215 g/mol. The summed E-state index contributed by atoms with van der Waals surface area (Å²) in [5.41, 5.74) is 1.23. The Balaban J connectivity index is 2.46. The average molecular weight is 215 g/mol. The maximum Gasteiger partial charge on any atom is 0.358 e. The van der Waals surface area contributed by atoms with Crippen LogP contribution in [0.5, 0.6) is 5.75 Å². The zero-order valence-electron chi connectivity index (χ0n) is 8.29.